The maximum atomic E-state index is 14.1. The van der Waals surface area contributed by atoms with Crippen LogP contribution in [0.2, 0.25) is 15.1 Å². The molecule has 1 aliphatic carbocycles. The fraction of sp³-hybridized carbons (Fsp3) is 0.433. The first-order chi connectivity index (χ1) is 19.3. The zero-order valence-electron chi connectivity index (χ0n) is 21.7. The van der Waals surface area contributed by atoms with Gasteiger partial charge in [0.1, 0.15) is 11.6 Å². The molecule has 0 aromatic heterocycles. The van der Waals surface area contributed by atoms with Crippen LogP contribution >= 0.6 is 34.8 Å². The van der Waals surface area contributed by atoms with E-state index < -0.39 is 29.6 Å². The number of carbonyl (C=O) groups excluding carboxylic acids is 3. The first kappa shape index (κ1) is 27.6. The van der Waals surface area contributed by atoms with Crippen molar-refractivity contribution in [2.45, 2.75) is 62.3 Å². The molecule has 0 unspecified atom stereocenters. The van der Waals surface area contributed by atoms with Crippen LogP contribution < -0.4 is 10.6 Å². The summed E-state index contributed by atoms with van der Waals surface area (Å²) in [5.41, 5.74) is 0.0800. The van der Waals surface area contributed by atoms with Crippen LogP contribution in [0.3, 0.4) is 0 Å². The number of hydrogen-bond acceptors (Lipinski definition) is 4. The van der Waals surface area contributed by atoms with Gasteiger partial charge in [-0.25, -0.2) is 0 Å². The molecule has 2 saturated heterocycles. The second-order valence-corrected chi connectivity index (χ2v) is 12.3. The number of nitrogens with zero attached hydrogens (tertiary/aromatic N) is 1. The minimum Gasteiger partial charge on any atom is -0.359 e. The van der Waals surface area contributed by atoms with E-state index in [4.69, 9.17) is 39.5 Å². The molecule has 3 aliphatic heterocycles. The number of likely N-dealkylation sites (tertiary alicyclic amines) is 1. The third kappa shape index (κ3) is 4.91. The van der Waals surface area contributed by atoms with Crippen molar-refractivity contribution in [3.05, 3.63) is 75.2 Å². The molecule has 10 heteroatoms. The molecule has 7 nitrogen and oxygen atoms in total. The molecule has 1 spiro atoms. The lowest BCUT2D eigenvalue weighted by molar-refractivity contribution is -0.141. The van der Waals surface area contributed by atoms with Crippen LogP contribution in [0.4, 0.5) is 5.69 Å². The van der Waals surface area contributed by atoms with E-state index in [1.165, 1.54) is 0 Å². The Morgan fingerprint density at radius 3 is 2.45 bits per heavy atom. The molecule has 3 heterocycles. The molecule has 2 aromatic carbocycles. The Morgan fingerprint density at radius 2 is 1.73 bits per heavy atom. The summed E-state index contributed by atoms with van der Waals surface area (Å²) in [5.74, 6) is -2.55. The molecule has 5 atom stereocenters. The van der Waals surface area contributed by atoms with Gasteiger partial charge in [-0.2, -0.15) is 0 Å². The zero-order chi connectivity index (χ0) is 28.0. The van der Waals surface area contributed by atoms with Crippen LogP contribution in [-0.2, 0) is 25.5 Å². The molecular weight excluding hydrogens is 573 g/mol. The van der Waals surface area contributed by atoms with Crippen LogP contribution in [0.5, 0.6) is 0 Å². The number of benzene rings is 2. The van der Waals surface area contributed by atoms with Gasteiger partial charge in [0.25, 0.3) is 0 Å². The molecule has 6 rings (SSSR count). The van der Waals surface area contributed by atoms with E-state index in [2.05, 4.69) is 10.6 Å². The number of hydrogen-bond donors (Lipinski definition) is 2. The quantitative estimate of drug-likeness (QED) is 0.414. The molecule has 40 heavy (non-hydrogen) atoms. The Bertz CT molecular complexity index is 1360. The van der Waals surface area contributed by atoms with E-state index in [-0.39, 0.29) is 30.3 Å². The van der Waals surface area contributed by atoms with Gasteiger partial charge in [0.15, 0.2) is 0 Å². The monoisotopic (exact) mass is 601 g/mol. The van der Waals surface area contributed by atoms with Crippen molar-refractivity contribution in [2.75, 3.05) is 11.9 Å². The molecule has 3 amide bonds. The summed E-state index contributed by atoms with van der Waals surface area (Å²) in [5, 5.41) is 7.43. The van der Waals surface area contributed by atoms with Crippen molar-refractivity contribution in [3.8, 4) is 0 Å². The second-order valence-electron chi connectivity index (χ2n) is 11.1. The van der Waals surface area contributed by atoms with Crippen molar-refractivity contribution in [1.82, 2.24) is 10.2 Å². The van der Waals surface area contributed by atoms with Crippen molar-refractivity contribution < 1.29 is 19.1 Å². The highest BCUT2D eigenvalue weighted by atomic mass is 35.5. The Hall–Kier alpha value is -2.58. The number of carbonyl (C=O) groups is 3. The van der Waals surface area contributed by atoms with Gasteiger partial charge in [-0.05, 0) is 49.1 Å². The predicted molar refractivity (Wildman–Crippen MR) is 154 cm³/mol. The SMILES string of the molecule is O=C(Nc1cc(Cl)cc(Cl)c1)[C@@H]1[C@@H]2C=C[C@]3(O2)[C@@H]1C(=O)N(CCc1ccccc1Cl)[C@@H]3C(=O)NC1CCCCC1. The normalized spacial score (nSPS) is 29.1. The highest BCUT2D eigenvalue weighted by Crippen LogP contribution is 2.55. The van der Waals surface area contributed by atoms with Crippen LogP contribution in [0, 0.1) is 11.8 Å². The van der Waals surface area contributed by atoms with E-state index in [0.29, 0.717) is 27.2 Å². The summed E-state index contributed by atoms with van der Waals surface area (Å²) in [4.78, 5) is 43.3. The van der Waals surface area contributed by atoms with Gasteiger partial charge in [0, 0.05) is 33.3 Å². The van der Waals surface area contributed by atoms with Gasteiger partial charge >= 0.3 is 0 Å². The highest BCUT2D eigenvalue weighted by molar-refractivity contribution is 6.35. The van der Waals surface area contributed by atoms with Crippen molar-refractivity contribution in [2.24, 2.45) is 11.8 Å². The number of rotatable bonds is 7. The van der Waals surface area contributed by atoms with Crippen LogP contribution in [0.1, 0.15) is 37.7 Å². The Balaban J connectivity index is 1.30. The van der Waals surface area contributed by atoms with Crippen molar-refractivity contribution in [3.63, 3.8) is 0 Å². The summed E-state index contributed by atoms with van der Waals surface area (Å²) in [6, 6.07) is 11.4. The molecule has 3 fully saturated rings. The minimum absolute atomic E-state index is 0.0616. The van der Waals surface area contributed by atoms with E-state index in [9.17, 15) is 14.4 Å². The standard InChI is InChI=1S/C30H30Cl3N3O4/c31-18-14-19(32)16-21(15-18)35-27(37)24-23-10-12-30(40-23)25(24)29(39)36(13-11-17-6-4-5-9-22(17)33)26(30)28(38)34-20-7-2-1-3-8-20/h4-6,9-10,12,14-16,20,23-26H,1-3,7-8,11,13H2,(H,34,38)(H,35,37)/t23-,24+,25-,26+,30-/m0/s1. The first-order valence-corrected chi connectivity index (χ1v) is 14.9. The van der Waals surface area contributed by atoms with Gasteiger partial charge in [-0.1, -0.05) is 84.4 Å². The number of amides is 3. The summed E-state index contributed by atoms with van der Waals surface area (Å²) >= 11 is 18.7. The minimum atomic E-state index is -1.23. The summed E-state index contributed by atoms with van der Waals surface area (Å²) in [7, 11) is 0. The lowest BCUT2D eigenvalue weighted by atomic mass is 9.74. The Kier molecular flexibility index (Phi) is 7.59. The van der Waals surface area contributed by atoms with E-state index in [0.717, 1.165) is 37.7 Å². The fourth-order valence-electron chi connectivity index (χ4n) is 6.83. The topological polar surface area (TPSA) is 87.7 Å². The van der Waals surface area contributed by atoms with Crippen LogP contribution in [0.25, 0.3) is 0 Å². The maximum Gasteiger partial charge on any atom is 0.246 e. The zero-order valence-corrected chi connectivity index (χ0v) is 24.0. The molecule has 1 saturated carbocycles. The third-order valence-corrected chi connectivity index (χ3v) is 9.39. The number of fused-ring (bicyclic) bond motifs is 1. The summed E-state index contributed by atoms with van der Waals surface area (Å²) in [6.45, 7) is 0.268. The van der Waals surface area contributed by atoms with Crippen molar-refractivity contribution in [1.29, 1.82) is 0 Å². The number of nitrogens with one attached hydrogen (secondary N) is 2. The predicted octanol–water partition coefficient (Wildman–Crippen LogP) is 5.43. The fourth-order valence-corrected chi connectivity index (χ4v) is 7.58. The number of ether oxygens (including phenoxy) is 1. The van der Waals surface area contributed by atoms with E-state index in [1.807, 2.05) is 24.3 Å². The van der Waals surface area contributed by atoms with Gasteiger partial charge in [0.2, 0.25) is 17.7 Å². The maximum absolute atomic E-state index is 14.1. The molecular formula is C30H30Cl3N3O4. The summed E-state index contributed by atoms with van der Waals surface area (Å²) < 4.78 is 6.43. The molecule has 4 aliphatic rings. The largest absolute Gasteiger partial charge is 0.359 e. The Labute approximate surface area is 248 Å². The molecule has 2 bridgehead atoms. The Morgan fingerprint density at radius 1 is 1.00 bits per heavy atom. The molecule has 2 N–H and O–H groups in total. The van der Waals surface area contributed by atoms with Gasteiger partial charge in [-0.15, -0.1) is 0 Å². The van der Waals surface area contributed by atoms with Gasteiger partial charge < -0.3 is 20.3 Å². The third-order valence-electron chi connectivity index (χ3n) is 8.59. The van der Waals surface area contributed by atoms with Crippen molar-refractivity contribution >= 4 is 58.2 Å². The van der Waals surface area contributed by atoms with E-state index in [1.54, 1.807) is 35.2 Å². The highest BCUT2D eigenvalue weighted by Gasteiger charge is 2.72. The smallest absolute Gasteiger partial charge is 0.246 e. The van der Waals surface area contributed by atoms with Gasteiger partial charge in [0.05, 0.1) is 17.9 Å². The molecule has 210 valence electrons. The van der Waals surface area contributed by atoms with E-state index >= 15 is 0 Å². The molecule has 0 radical (unpaired) electrons. The van der Waals surface area contributed by atoms with Crippen LogP contribution in [0.15, 0.2) is 54.6 Å². The lowest BCUT2D eigenvalue weighted by Crippen LogP contribution is -2.56. The summed E-state index contributed by atoms with van der Waals surface area (Å²) in [6.07, 6.45) is 8.57. The average molecular weight is 603 g/mol. The first-order valence-electron chi connectivity index (χ1n) is 13.8. The number of anilines is 1. The van der Waals surface area contributed by atoms with Gasteiger partial charge in [-0.3, -0.25) is 14.4 Å². The average Bonchev–Trinajstić information content (AvgIpc) is 3.55. The molecule has 2 aromatic rings. The van der Waals surface area contributed by atoms with Crippen LogP contribution in [-0.4, -0.2) is 53.0 Å². The lowest BCUT2D eigenvalue weighted by Gasteiger charge is -2.34. The second kappa shape index (κ2) is 11.0. The number of halogens is 3.